The monoisotopic (exact) mass is 373 g/mol. The zero-order valence-electron chi connectivity index (χ0n) is 15.4. The summed E-state index contributed by atoms with van der Waals surface area (Å²) >= 11 is -0.889. The lowest BCUT2D eigenvalue weighted by Gasteiger charge is -2.55. The number of pyridine rings is 1. The Bertz CT molecular complexity index is 735. The molecule has 4 aliphatic rings. The molecule has 6 heteroatoms. The number of aromatic nitrogens is 1. The first kappa shape index (κ1) is 17.0. The topological polar surface area (TPSA) is 60.5 Å². The zero-order chi connectivity index (χ0) is 17.8. The molecule has 0 radical (unpaired) electrons. The summed E-state index contributed by atoms with van der Waals surface area (Å²) in [5.74, 6) is 0.991. The van der Waals surface area contributed by atoms with Gasteiger partial charge in [0.2, 0.25) is 0 Å². The molecule has 1 aromatic heterocycles. The normalized spacial score (nSPS) is 27.5. The minimum Gasteiger partial charge on any atom is -0.598 e. The summed E-state index contributed by atoms with van der Waals surface area (Å²) in [7, 11) is 0. The number of fused-ring (bicyclic) bond motifs is 1. The Labute approximate surface area is 158 Å². The van der Waals surface area contributed by atoms with E-state index in [-0.39, 0.29) is 5.60 Å². The van der Waals surface area contributed by atoms with Crippen molar-refractivity contribution in [1.82, 2.24) is 14.6 Å². The smallest absolute Gasteiger partial charge is 0.141 e. The predicted octanol–water partition coefficient (Wildman–Crippen LogP) is 2.30. The van der Waals surface area contributed by atoms with E-state index in [0.717, 1.165) is 50.5 Å². The Morgan fingerprint density at radius 1 is 1.31 bits per heavy atom. The number of hydrogen-bond donors (Lipinski definition) is 1. The minimum absolute atomic E-state index is 0.0385. The molecule has 0 amide bonds. The fourth-order valence-electron chi connectivity index (χ4n) is 5.45. The Kier molecular flexibility index (Phi) is 4.08. The summed E-state index contributed by atoms with van der Waals surface area (Å²) < 4.78 is 20.0. The Balaban J connectivity index is 1.29. The summed E-state index contributed by atoms with van der Waals surface area (Å²) in [4.78, 5) is 4.67. The van der Waals surface area contributed by atoms with Crippen LogP contribution in [0.2, 0.25) is 0 Å². The van der Waals surface area contributed by atoms with Crippen molar-refractivity contribution in [3.63, 3.8) is 0 Å². The van der Waals surface area contributed by atoms with E-state index in [1.54, 1.807) is 6.26 Å². The minimum atomic E-state index is -0.889. The van der Waals surface area contributed by atoms with Crippen molar-refractivity contribution in [2.75, 3.05) is 32.4 Å². The lowest BCUT2D eigenvalue weighted by atomic mass is 9.54. The second kappa shape index (κ2) is 6.23. The maximum atomic E-state index is 11.6. The first-order valence-corrected chi connectivity index (χ1v) is 11.2. The van der Waals surface area contributed by atoms with E-state index in [1.807, 2.05) is 10.5 Å². The van der Waals surface area contributed by atoms with Gasteiger partial charge in [-0.1, -0.05) is 6.08 Å². The number of rotatable bonds is 2. The highest BCUT2D eigenvalue weighted by Crippen LogP contribution is 2.59. The van der Waals surface area contributed by atoms with Crippen LogP contribution in [0.5, 0.6) is 5.75 Å². The molecular weight excluding hydrogens is 346 g/mol. The zero-order valence-corrected chi connectivity index (χ0v) is 16.2. The highest BCUT2D eigenvalue weighted by molar-refractivity contribution is 7.88. The van der Waals surface area contributed by atoms with Crippen LogP contribution in [0.25, 0.3) is 5.57 Å². The first-order chi connectivity index (χ1) is 12.6. The van der Waals surface area contributed by atoms with E-state index >= 15 is 0 Å². The molecule has 1 atom stereocenters. The maximum Gasteiger partial charge on any atom is 0.141 e. The van der Waals surface area contributed by atoms with Crippen LogP contribution >= 0.6 is 0 Å². The number of piperidine rings is 1. The van der Waals surface area contributed by atoms with Crippen molar-refractivity contribution in [3.05, 3.63) is 29.6 Å². The standard InChI is InChI=1S/C20H27N3O2S/c1-26(24)23-8-2-15(3-9-23)17-10-16-11-20(25-18(16)12-22-17)13-19(14-20)4-6-21-7-5-19/h2,10,12,21H,3-9,11,13-14H2,1H3. The van der Waals surface area contributed by atoms with Crippen LogP contribution in [0.1, 0.15) is 43.4 Å². The summed E-state index contributed by atoms with van der Waals surface area (Å²) in [5.41, 5.74) is 4.23. The molecule has 140 valence electrons. The van der Waals surface area contributed by atoms with Gasteiger partial charge in [-0.15, -0.1) is 4.31 Å². The van der Waals surface area contributed by atoms with Gasteiger partial charge in [-0.05, 0) is 62.2 Å². The van der Waals surface area contributed by atoms with Gasteiger partial charge >= 0.3 is 0 Å². The second-order valence-electron chi connectivity index (χ2n) is 8.53. The Hall–Kier alpha value is -1.08. The summed E-state index contributed by atoms with van der Waals surface area (Å²) in [5, 5.41) is 3.48. The highest BCUT2D eigenvalue weighted by Gasteiger charge is 2.58. The molecule has 5 rings (SSSR count). The van der Waals surface area contributed by atoms with Gasteiger partial charge in [-0.25, -0.2) is 0 Å². The third kappa shape index (κ3) is 2.87. The Morgan fingerprint density at radius 2 is 2.12 bits per heavy atom. The molecule has 1 saturated heterocycles. The molecular formula is C20H27N3O2S. The van der Waals surface area contributed by atoms with Crippen molar-refractivity contribution in [2.24, 2.45) is 5.41 Å². The highest BCUT2D eigenvalue weighted by atomic mass is 32.2. The molecule has 4 heterocycles. The molecule has 2 fully saturated rings. The van der Waals surface area contributed by atoms with Crippen LogP contribution in [0, 0.1) is 5.41 Å². The van der Waals surface area contributed by atoms with E-state index in [1.165, 1.54) is 36.8 Å². The van der Waals surface area contributed by atoms with Crippen molar-refractivity contribution < 1.29 is 9.29 Å². The summed E-state index contributed by atoms with van der Waals surface area (Å²) in [6.07, 6.45) is 12.8. The van der Waals surface area contributed by atoms with Crippen LogP contribution in [0.4, 0.5) is 0 Å². The quantitative estimate of drug-likeness (QED) is 0.806. The summed E-state index contributed by atoms with van der Waals surface area (Å²) in [6, 6.07) is 2.24. The van der Waals surface area contributed by atoms with Gasteiger partial charge in [-0.2, -0.15) is 0 Å². The van der Waals surface area contributed by atoms with E-state index in [0.29, 0.717) is 5.41 Å². The van der Waals surface area contributed by atoms with Crippen LogP contribution in [-0.2, 0) is 17.8 Å². The van der Waals surface area contributed by atoms with Crippen molar-refractivity contribution in [1.29, 1.82) is 0 Å². The third-order valence-corrected chi connectivity index (χ3v) is 7.77. The van der Waals surface area contributed by atoms with E-state index < -0.39 is 11.4 Å². The van der Waals surface area contributed by atoms with Gasteiger partial charge < -0.3 is 14.6 Å². The van der Waals surface area contributed by atoms with Crippen molar-refractivity contribution in [2.45, 2.75) is 44.1 Å². The lowest BCUT2D eigenvalue weighted by Crippen LogP contribution is -2.58. The SMILES string of the molecule is C[S+]([O-])N1CC=C(c2cc3c(cn2)OC2(C3)CC3(CCNCC3)C2)CC1. The molecule has 2 spiro atoms. The predicted molar refractivity (Wildman–Crippen MR) is 103 cm³/mol. The fourth-order valence-corrected chi connectivity index (χ4v) is 6.08. The molecule has 1 saturated carbocycles. The molecule has 5 nitrogen and oxygen atoms in total. The molecule has 0 bridgehead atoms. The molecule has 26 heavy (non-hydrogen) atoms. The molecule has 3 aliphatic heterocycles. The van der Waals surface area contributed by atoms with Crippen molar-refractivity contribution in [3.8, 4) is 5.75 Å². The van der Waals surface area contributed by atoms with Crippen LogP contribution in [0.3, 0.4) is 0 Å². The molecule has 1 aromatic rings. The molecule has 1 aliphatic carbocycles. The molecule has 1 N–H and O–H groups in total. The second-order valence-corrected chi connectivity index (χ2v) is 9.90. The average Bonchev–Trinajstić information content (AvgIpc) is 3.00. The fraction of sp³-hybridized carbons (Fsp3) is 0.650. The number of hydrogen-bond acceptors (Lipinski definition) is 5. The Morgan fingerprint density at radius 3 is 2.81 bits per heavy atom. The average molecular weight is 374 g/mol. The number of ether oxygens (including phenoxy) is 1. The van der Waals surface area contributed by atoms with Gasteiger partial charge in [-0.3, -0.25) is 4.98 Å². The molecule has 0 aromatic carbocycles. The van der Waals surface area contributed by atoms with E-state index in [4.69, 9.17) is 4.74 Å². The van der Waals surface area contributed by atoms with Gasteiger partial charge in [0.1, 0.15) is 17.6 Å². The summed E-state index contributed by atoms with van der Waals surface area (Å²) in [6.45, 7) is 3.89. The first-order valence-electron chi connectivity index (χ1n) is 9.73. The third-order valence-electron chi connectivity index (χ3n) is 6.71. The lowest BCUT2D eigenvalue weighted by molar-refractivity contribution is -0.108. The van der Waals surface area contributed by atoms with Crippen LogP contribution < -0.4 is 10.1 Å². The maximum absolute atomic E-state index is 11.6. The van der Waals surface area contributed by atoms with Gasteiger partial charge in [0.05, 0.1) is 18.4 Å². The van der Waals surface area contributed by atoms with Gasteiger partial charge in [0.25, 0.3) is 0 Å². The largest absolute Gasteiger partial charge is 0.598 e. The van der Waals surface area contributed by atoms with Crippen LogP contribution in [-0.4, -0.2) is 51.9 Å². The number of nitrogens with zero attached hydrogens (tertiary/aromatic N) is 2. The van der Waals surface area contributed by atoms with Gasteiger partial charge in [0.15, 0.2) is 0 Å². The van der Waals surface area contributed by atoms with Gasteiger partial charge in [0, 0.05) is 29.9 Å². The van der Waals surface area contributed by atoms with Crippen molar-refractivity contribution >= 4 is 16.9 Å². The van der Waals surface area contributed by atoms with E-state index in [9.17, 15) is 4.55 Å². The van der Waals surface area contributed by atoms with E-state index in [2.05, 4.69) is 22.4 Å². The van der Waals surface area contributed by atoms with Crippen LogP contribution in [0.15, 0.2) is 18.3 Å². The number of nitrogens with one attached hydrogen (secondary N) is 1. The molecule has 1 unspecified atom stereocenters.